The van der Waals surface area contributed by atoms with Gasteiger partial charge in [-0.25, -0.2) is 0 Å². The van der Waals surface area contributed by atoms with E-state index in [1.165, 1.54) is 0 Å². The Hall–Kier alpha value is -2.98. The van der Waals surface area contributed by atoms with E-state index in [0.717, 1.165) is 5.75 Å². The van der Waals surface area contributed by atoms with Crippen LogP contribution in [-0.2, 0) is 0 Å². The summed E-state index contributed by atoms with van der Waals surface area (Å²) in [5, 5.41) is 25.7. The molecule has 3 N–H and O–H groups in total. The average molecular weight is 326 g/mol. The topological polar surface area (TPSA) is 69.9 Å². The van der Waals surface area contributed by atoms with Gasteiger partial charge in [0.05, 0.1) is 6.61 Å². The van der Waals surface area contributed by atoms with Crippen LogP contribution in [-0.4, -0.2) is 28.5 Å². The average Bonchev–Trinajstić information content (AvgIpc) is 2.63. The van der Waals surface area contributed by atoms with Crippen LogP contribution >= 0.6 is 0 Å². The summed E-state index contributed by atoms with van der Waals surface area (Å²) >= 11 is 0. The van der Waals surface area contributed by atoms with Gasteiger partial charge in [-0.3, -0.25) is 0 Å². The van der Waals surface area contributed by atoms with E-state index >= 15 is 0 Å². The summed E-state index contributed by atoms with van der Waals surface area (Å²) in [6.07, 6.45) is 0. The molecule has 126 valence electrons. The standard InChI is InChI=1S/C8H10O2.2C6H6O/c9-6-7-10-8-4-2-1-3-5-8;2*7-6-4-2-1-3-5-6/h1-5,9H,6-7H2;2*1-5,7H. The van der Waals surface area contributed by atoms with Gasteiger partial charge in [0.15, 0.2) is 0 Å². The number of hydrogen-bond donors (Lipinski definition) is 3. The molecule has 24 heavy (non-hydrogen) atoms. The molecule has 0 aliphatic rings. The number of phenols is 2. The fourth-order valence-corrected chi connectivity index (χ4v) is 1.54. The number of ether oxygens (including phenoxy) is 1. The molecular formula is C20H22O4. The molecule has 0 spiro atoms. The van der Waals surface area contributed by atoms with Crippen molar-refractivity contribution < 1.29 is 20.1 Å². The zero-order valence-electron chi connectivity index (χ0n) is 13.3. The molecule has 0 bridgehead atoms. The second kappa shape index (κ2) is 12.6. The third kappa shape index (κ3) is 9.87. The highest BCUT2D eigenvalue weighted by Gasteiger charge is 1.87. The summed E-state index contributed by atoms with van der Waals surface area (Å²) in [5.74, 6) is 1.45. The molecule has 0 saturated carbocycles. The summed E-state index contributed by atoms with van der Waals surface area (Å²) < 4.78 is 5.11. The highest BCUT2D eigenvalue weighted by Crippen LogP contribution is 2.07. The number of rotatable bonds is 3. The number of aromatic hydroxyl groups is 2. The van der Waals surface area contributed by atoms with Gasteiger partial charge in [-0.15, -0.1) is 0 Å². The molecular weight excluding hydrogens is 304 g/mol. The lowest BCUT2D eigenvalue weighted by Gasteiger charge is -2.01. The Morgan fingerprint density at radius 1 is 0.583 bits per heavy atom. The van der Waals surface area contributed by atoms with Gasteiger partial charge in [-0.1, -0.05) is 54.6 Å². The molecule has 3 aromatic carbocycles. The van der Waals surface area contributed by atoms with Gasteiger partial charge in [0.25, 0.3) is 0 Å². The zero-order chi connectivity index (χ0) is 17.5. The smallest absolute Gasteiger partial charge is 0.119 e. The summed E-state index contributed by atoms with van der Waals surface area (Å²) in [4.78, 5) is 0. The minimum absolute atomic E-state index is 0.0644. The van der Waals surface area contributed by atoms with Gasteiger partial charge in [0, 0.05) is 0 Å². The molecule has 0 unspecified atom stereocenters. The van der Waals surface area contributed by atoms with Crippen LogP contribution in [0.3, 0.4) is 0 Å². The number of aliphatic hydroxyl groups excluding tert-OH is 1. The minimum atomic E-state index is 0.0644. The predicted molar refractivity (Wildman–Crippen MR) is 95.2 cm³/mol. The first-order valence-corrected chi connectivity index (χ1v) is 7.49. The van der Waals surface area contributed by atoms with Crippen molar-refractivity contribution in [2.75, 3.05) is 13.2 Å². The monoisotopic (exact) mass is 326 g/mol. The van der Waals surface area contributed by atoms with Crippen molar-refractivity contribution in [3.63, 3.8) is 0 Å². The third-order valence-electron chi connectivity index (χ3n) is 2.62. The minimum Gasteiger partial charge on any atom is -0.508 e. The van der Waals surface area contributed by atoms with E-state index < -0.39 is 0 Å². The van der Waals surface area contributed by atoms with E-state index in [1.54, 1.807) is 48.5 Å². The number of hydrogen-bond acceptors (Lipinski definition) is 4. The third-order valence-corrected chi connectivity index (χ3v) is 2.62. The highest BCUT2D eigenvalue weighted by atomic mass is 16.5. The lowest BCUT2D eigenvalue weighted by Crippen LogP contribution is -2.00. The van der Waals surface area contributed by atoms with Crippen LogP contribution in [0.2, 0.25) is 0 Å². The predicted octanol–water partition coefficient (Wildman–Crippen LogP) is 3.84. The van der Waals surface area contributed by atoms with Crippen molar-refractivity contribution in [1.82, 2.24) is 0 Å². The zero-order valence-corrected chi connectivity index (χ0v) is 13.3. The molecule has 4 nitrogen and oxygen atoms in total. The highest BCUT2D eigenvalue weighted by molar-refractivity contribution is 5.21. The summed E-state index contributed by atoms with van der Waals surface area (Å²) in [5.41, 5.74) is 0. The molecule has 0 saturated heterocycles. The van der Waals surface area contributed by atoms with Gasteiger partial charge in [0.2, 0.25) is 0 Å². The molecule has 0 heterocycles. The quantitative estimate of drug-likeness (QED) is 0.684. The first-order chi connectivity index (χ1) is 11.7. The van der Waals surface area contributed by atoms with E-state index in [4.69, 9.17) is 20.1 Å². The van der Waals surface area contributed by atoms with Gasteiger partial charge in [-0.05, 0) is 36.4 Å². The van der Waals surface area contributed by atoms with E-state index in [0.29, 0.717) is 18.1 Å². The van der Waals surface area contributed by atoms with E-state index in [2.05, 4.69) is 0 Å². The Morgan fingerprint density at radius 3 is 1.25 bits per heavy atom. The van der Waals surface area contributed by atoms with Crippen LogP contribution in [0.25, 0.3) is 0 Å². The normalized spacial score (nSPS) is 8.88. The van der Waals surface area contributed by atoms with Gasteiger partial charge < -0.3 is 20.1 Å². The van der Waals surface area contributed by atoms with Crippen molar-refractivity contribution in [2.45, 2.75) is 0 Å². The van der Waals surface area contributed by atoms with E-state index in [1.807, 2.05) is 42.5 Å². The van der Waals surface area contributed by atoms with Crippen LogP contribution in [0, 0.1) is 0 Å². The summed E-state index contributed by atoms with van der Waals surface area (Å²) in [6, 6.07) is 26.9. The molecule has 3 aromatic rings. The van der Waals surface area contributed by atoms with Crippen LogP contribution in [0.5, 0.6) is 17.2 Å². The first kappa shape index (κ1) is 19.1. The molecule has 3 rings (SSSR count). The first-order valence-electron chi connectivity index (χ1n) is 7.49. The molecule has 4 heteroatoms. The molecule has 0 fully saturated rings. The second-order valence-electron chi connectivity index (χ2n) is 4.56. The number of phenolic OH excluding ortho intramolecular Hbond substituents is 2. The fourth-order valence-electron chi connectivity index (χ4n) is 1.54. The van der Waals surface area contributed by atoms with Crippen LogP contribution in [0.1, 0.15) is 0 Å². The maximum atomic E-state index is 8.63. The lowest BCUT2D eigenvalue weighted by molar-refractivity contribution is 0.201. The Balaban J connectivity index is 0.000000185. The number of benzene rings is 3. The van der Waals surface area contributed by atoms with Crippen molar-refractivity contribution in [1.29, 1.82) is 0 Å². The maximum Gasteiger partial charge on any atom is 0.119 e. The molecule has 0 aliphatic carbocycles. The van der Waals surface area contributed by atoms with Gasteiger partial charge in [0.1, 0.15) is 23.9 Å². The van der Waals surface area contributed by atoms with E-state index in [-0.39, 0.29) is 6.61 Å². The number of para-hydroxylation sites is 3. The Labute approximate surface area is 142 Å². The maximum absolute atomic E-state index is 8.63. The molecule has 0 atom stereocenters. The Morgan fingerprint density at radius 2 is 0.958 bits per heavy atom. The molecule has 0 aliphatic heterocycles. The molecule has 0 amide bonds. The molecule has 0 radical (unpaired) electrons. The summed E-state index contributed by atoms with van der Waals surface area (Å²) in [6.45, 7) is 0.429. The van der Waals surface area contributed by atoms with Crippen LogP contribution < -0.4 is 4.74 Å². The molecule has 0 aromatic heterocycles. The van der Waals surface area contributed by atoms with Crippen LogP contribution in [0.4, 0.5) is 0 Å². The lowest BCUT2D eigenvalue weighted by atomic mass is 10.3. The number of aliphatic hydroxyl groups is 1. The van der Waals surface area contributed by atoms with Gasteiger partial charge in [-0.2, -0.15) is 0 Å². The van der Waals surface area contributed by atoms with E-state index in [9.17, 15) is 0 Å². The van der Waals surface area contributed by atoms with Crippen molar-refractivity contribution in [2.24, 2.45) is 0 Å². The van der Waals surface area contributed by atoms with Gasteiger partial charge >= 0.3 is 0 Å². The summed E-state index contributed by atoms with van der Waals surface area (Å²) in [7, 11) is 0. The van der Waals surface area contributed by atoms with Crippen molar-refractivity contribution in [3.05, 3.63) is 91.0 Å². The van der Waals surface area contributed by atoms with Crippen molar-refractivity contribution in [3.8, 4) is 17.2 Å². The SMILES string of the molecule is OCCOc1ccccc1.Oc1ccccc1.Oc1ccccc1. The fraction of sp³-hybridized carbons (Fsp3) is 0.100. The van der Waals surface area contributed by atoms with Crippen molar-refractivity contribution >= 4 is 0 Å². The Kier molecular flexibility index (Phi) is 9.97. The largest absolute Gasteiger partial charge is 0.508 e. The second-order valence-corrected chi connectivity index (χ2v) is 4.56. The Bertz CT molecular complexity index is 590. The van der Waals surface area contributed by atoms with Crippen LogP contribution in [0.15, 0.2) is 91.0 Å².